The molecule has 1 aromatic heterocycles. The minimum atomic E-state index is -4.42. The number of hydrogen-bond acceptors (Lipinski definition) is 3. The Balaban J connectivity index is 1.54. The second-order valence-electron chi connectivity index (χ2n) is 10.6. The molecule has 3 aromatic rings. The highest BCUT2D eigenvalue weighted by molar-refractivity contribution is 5.86. The van der Waals surface area contributed by atoms with Gasteiger partial charge in [0, 0.05) is 44.6 Å². The Morgan fingerprint density at radius 2 is 1.63 bits per heavy atom. The molecule has 0 aliphatic heterocycles. The third kappa shape index (κ3) is 8.70. The van der Waals surface area contributed by atoms with Gasteiger partial charge >= 0.3 is 6.18 Å². The third-order valence-corrected chi connectivity index (χ3v) is 7.61. The highest BCUT2D eigenvalue weighted by Gasteiger charge is 2.31. The highest BCUT2D eigenvalue weighted by Crippen LogP contribution is 2.30. The van der Waals surface area contributed by atoms with E-state index >= 15 is 0 Å². The van der Waals surface area contributed by atoms with Crippen LogP contribution < -0.4 is 0 Å². The lowest BCUT2D eigenvalue weighted by molar-refractivity contribution is -0.144. The first kappa shape index (κ1) is 30.4. The quantitative estimate of drug-likeness (QED) is 0.263. The molecule has 0 spiro atoms. The molecule has 0 saturated heterocycles. The molecule has 9 heteroatoms. The number of hydrogen-bond donors (Lipinski definition) is 0. The summed E-state index contributed by atoms with van der Waals surface area (Å²) < 4.78 is 46.9. The number of halogens is 3. The maximum atomic E-state index is 13.8. The van der Waals surface area contributed by atoms with Crippen LogP contribution >= 0.6 is 0 Å². The Labute approximate surface area is 239 Å². The van der Waals surface area contributed by atoms with E-state index in [9.17, 15) is 22.8 Å². The van der Waals surface area contributed by atoms with Crippen molar-refractivity contribution in [1.29, 1.82) is 0 Å². The van der Waals surface area contributed by atoms with Crippen LogP contribution in [0.25, 0.3) is 0 Å². The zero-order chi connectivity index (χ0) is 29.2. The Hall–Kier alpha value is -3.59. The number of amides is 2. The van der Waals surface area contributed by atoms with E-state index in [0.29, 0.717) is 25.3 Å². The predicted molar refractivity (Wildman–Crippen MR) is 151 cm³/mol. The molecular weight excluding hydrogens is 531 g/mol. The van der Waals surface area contributed by atoms with Crippen molar-refractivity contribution in [2.45, 2.75) is 57.9 Å². The second-order valence-corrected chi connectivity index (χ2v) is 10.6. The average molecular weight is 570 g/mol. The summed E-state index contributed by atoms with van der Waals surface area (Å²) in [6.07, 6.45) is 2.24. The molecule has 1 aliphatic carbocycles. The molecule has 1 aliphatic rings. The van der Waals surface area contributed by atoms with Crippen molar-refractivity contribution in [3.8, 4) is 0 Å². The standard InChI is InChI=1S/C32H38F3N3O3/c1-41-19-18-37(31(40)27-13-6-3-7-14-27)24-30(39)38(21-25-10-4-2-5-11-25)23-29-16-9-17-36(29)22-26-12-8-15-28(20-26)32(33,34)35/h2,4-5,8-12,15-17,20,27H,3,6-7,13-14,18-19,21-24H2,1H3. The fourth-order valence-corrected chi connectivity index (χ4v) is 5.36. The van der Waals surface area contributed by atoms with Crippen molar-refractivity contribution in [2.24, 2.45) is 5.92 Å². The Bertz CT molecular complexity index is 1270. The molecule has 6 nitrogen and oxygen atoms in total. The number of carbonyl (C=O) groups is 2. The predicted octanol–water partition coefficient (Wildman–Crippen LogP) is 6.14. The van der Waals surface area contributed by atoms with Gasteiger partial charge in [-0.3, -0.25) is 9.59 Å². The topological polar surface area (TPSA) is 54.8 Å². The van der Waals surface area contributed by atoms with E-state index in [4.69, 9.17) is 4.74 Å². The SMILES string of the molecule is COCCN(CC(=O)N(Cc1ccccc1)Cc1cccn1Cc1cccc(C(F)(F)F)c1)C(=O)C1CCCCC1. The smallest absolute Gasteiger partial charge is 0.383 e. The number of carbonyl (C=O) groups excluding carboxylic acids is 2. The zero-order valence-electron chi connectivity index (χ0n) is 23.5. The highest BCUT2D eigenvalue weighted by atomic mass is 19.4. The third-order valence-electron chi connectivity index (χ3n) is 7.61. The van der Waals surface area contributed by atoms with Gasteiger partial charge in [0.15, 0.2) is 0 Å². The summed E-state index contributed by atoms with van der Waals surface area (Å²) in [4.78, 5) is 30.6. The van der Waals surface area contributed by atoms with Gasteiger partial charge in [-0.25, -0.2) is 0 Å². The molecule has 0 N–H and O–H groups in total. The molecule has 1 saturated carbocycles. The number of nitrogens with zero attached hydrogens (tertiary/aromatic N) is 3. The fraction of sp³-hybridized carbons (Fsp3) is 0.438. The molecule has 0 bridgehead atoms. The molecule has 0 atom stereocenters. The van der Waals surface area contributed by atoms with Gasteiger partial charge < -0.3 is 19.1 Å². The summed E-state index contributed by atoms with van der Waals surface area (Å²) in [6, 6.07) is 18.6. The average Bonchev–Trinajstić information content (AvgIpc) is 3.41. The first-order chi connectivity index (χ1) is 19.7. The minimum Gasteiger partial charge on any atom is -0.383 e. The number of aromatic nitrogens is 1. The Morgan fingerprint density at radius 1 is 0.902 bits per heavy atom. The van der Waals surface area contributed by atoms with Crippen molar-refractivity contribution >= 4 is 11.8 Å². The largest absolute Gasteiger partial charge is 0.416 e. The van der Waals surface area contributed by atoms with Crippen LogP contribution in [0.5, 0.6) is 0 Å². The van der Waals surface area contributed by atoms with E-state index in [2.05, 4.69) is 0 Å². The van der Waals surface area contributed by atoms with Gasteiger partial charge in [0.05, 0.1) is 25.3 Å². The van der Waals surface area contributed by atoms with Crippen molar-refractivity contribution in [2.75, 3.05) is 26.8 Å². The van der Waals surface area contributed by atoms with Crippen molar-refractivity contribution in [3.05, 3.63) is 95.3 Å². The number of alkyl halides is 3. The van der Waals surface area contributed by atoms with Crippen LogP contribution in [0.4, 0.5) is 13.2 Å². The molecular formula is C32H38F3N3O3. The normalized spacial score (nSPS) is 14.1. The van der Waals surface area contributed by atoms with E-state index in [0.717, 1.165) is 55.5 Å². The van der Waals surface area contributed by atoms with Gasteiger partial charge in [0.1, 0.15) is 0 Å². The lowest BCUT2D eigenvalue weighted by Crippen LogP contribution is -2.46. The molecule has 2 aromatic carbocycles. The van der Waals surface area contributed by atoms with E-state index < -0.39 is 11.7 Å². The number of methoxy groups -OCH3 is 1. The van der Waals surface area contributed by atoms with Crippen molar-refractivity contribution in [1.82, 2.24) is 14.4 Å². The van der Waals surface area contributed by atoms with Gasteiger partial charge in [-0.15, -0.1) is 0 Å². The van der Waals surface area contributed by atoms with Crippen molar-refractivity contribution in [3.63, 3.8) is 0 Å². The summed E-state index contributed by atoms with van der Waals surface area (Å²) in [6.45, 7) is 1.44. The van der Waals surface area contributed by atoms with Crippen LogP contribution in [0.1, 0.15) is 54.5 Å². The van der Waals surface area contributed by atoms with Gasteiger partial charge in [-0.2, -0.15) is 13.2 Å². The molecule has 4 rings (SSSR count). The van der Waals surface area contributed by atoms with Gasteiger partial charge in [0.2, 0.25) is 11.8 Å². The Kier molecular flexibility index (Phi) is 10.6. The molecule has 2 amide bonds. The molecule has 0 radical (unpaired) electrons. The molecule has 1 heterocycles. The van der Waals surface area contributed by atoms with Crippen LogP contribution in [0.15, 0.2) is 72.9 Å². The summed E-state index contributed by atoms with van der Waals surface area (Å²) >= 11 is 0. The second kappa shape index (κ2) is 14.3. The molecule has 0 unspecified atom stereocenters. The van der Waals surface area contributed by atoms with Crippen LogP contribution in [0.2, 0.25) is 0 Å². The van der Waals surface area contributed by atoms with Crippen LogP contribution in [0, 0.1) is 5.92 Å². The summed E-state index contributed by atoms with van der Waals surface area (Å²) in [5.41, 5.74) is 1.55. The van der Waals surface area contributed by atoms with E-state index in [1.54, 1.807) is 29.2 Å². The maximum Gasteiger partial charge on any atom is 0.416 e. The monoisotopic (exact) mass is 569 g/mol. The summed E-state index contributed by atoms with van der Waals surface area (Å²) in [5.74, 6) is -0.260. The Morgan fingerprint density at radius 3 is 2.34 bits per heavy atom. The molecule has 1 fully saturated rings. The number of ether oxygens (including phenoxy) is 1. The molecule has 41 heavy (non-hydrogen) atoms. The lowest BCUT2D eigenvalue weighted by Gasteiger charge is -2.31. The molecule has 220 valence electrons. The summed E-state index contributed by atoms with van der Waals surface area (Å²) in [7, 11) is 1.57. The number of benzene rings is 2. The van der Waals surface area contributed by atoms with Crippen LogP contribution in [0.3, 0.4) is 0 Å². The van der Waals surface area contributed by atoms with Gasteiger partial charge in [-0.05, 0) is 48.2 Å². The fourth-order valence-electron chi connectivity index (χ4n) is 5.36. The number of rotatable bonds is 12. The first-order valence-corrected chi connectivity index (χ1v) is 14.1. The van der Waals surface area contributed by atoms with Crippen molar-refractivity contribution < 1.29 is 27.5 Å². The first-order valence-electron chi connectivity index (χ1n) is 14.1. The lowest BCUT2D eigenvalue weighted by atomic mass is 9.88. The van der Waals surface area contributed by atoms with Gasteiger partial charge in [0.25, 0.3) is 0 Å². The maximum absolute atomic E-state index is 13.8. The van der Waals surface area contributed by atoms with Crippen LogP contribution in [-0.4, -0.2) is 53.0 Å². The van der Waals surface area contributed by atoms with E-state index in [-0.39, 0.29) is 37.4 Å². The van der Waals surface area contributed by atoms with E-state index in [1.807, 2.05) is 47.0 Å². The minimum absolute atomic E-state index is 0.00248. The zero-order valence-corrected chi connectivity index (χ0v) is 23.5. The summed E-state index contributed by atoms with van der Waals surface area (Å²) in [5, 5.41) is 0. The van der Waals surface area contributed by atoms with E-state index in [1.165, 1.54) is 6.07 Å². The van der Waals surface area contributed by atoms with Gasteiger partial charge in [-0.1, -0.05) is 61.7 Å². The van der Waals surface area contributed by atoms with Crippen LogP contribution in [-0.2, 0) is 40.1 Å².